The molecule has 0 aromatic heterocycles. The predicted molar refractivity (Wildman–Crippen MR) is 92.7 cm³/mol. The van der Waals surface area contributed by atoms with Gasteiger partial charge in [0.2, 0.25) is 0 Å². The van der Waals surface area contributed by atoms with Crippen molar-refractivity contribution in [3.05, 3.63) is 42.0 Å². The molecule has 25 heavy (non-hydrogen) atoms. The zero-order valence-corrected chi connectivity index (χ0v) is 14.1. The molecule has 1 unspecified atom stereocenters. The molecule has 1 heterocycles. The Kier molecular flexibility index (Phi) is 4.47. The number of hydrogen-bond acceptors (Lipinski definition) is 5. The largest absolute Gasteiger partial charge is 0.497 e. The van der Waals surface area contributed by atoms with Crippen LogP contribution in [0.4, 0.5) is 11.4 Å². The van der Waals surface area contributed by atoms with E-state index in [0.29, 0.717) is 34.2 Å². The number of methoxy groups -OCH3 is 2. The maximum atomic E-state index is 12.6. The molecule has 2 aromatic carbocycles. The highest BCUT2D eigenvalue weighted by molar-refractivity contribution is 6.07. The van der Waals surface area contributed by atoms with Gasteiger partial charge >= 0.3 is 0 Å². The van der Waals surface area contributed by atoms with Gasteiger partial charge in [0.1, 0.15) is 17.2 Å². The zero-order valence-electron chi connectivity index (χ0n) is 14.1. The second kappa shape index (κ2) is 6.72. The third-order valence-corrected chi connectivity index (χ3v) is 3.82. The van der Waals surface area contributed by atoms with E-state index in [4.69, 9.17) is 14.2 Å². The average Bonchev–Trinajstić information content (AvgIpc) is 2.62. The first kappa shape index (κ1) is 16.6. The molecule has 0 fully saturated rings. The fraction of sp³-hybridized carbons (Fsp3) is 0.222. The third-order valence-electron chi connectivity index (χ3n) is 3.82. The average molecular weight is 342 g/mol. The Morgan fingerprint density at radius 1 is 1.16 bits per heavy atom. The van der Waals surface area contributed by atoms with Crippen LogP contribution in [0.5, 0.6) is 17.2 Å². The fourth-order valence-corrected chi connectivity index (χ4v) is 2.48. The molecule has 0 radical (unpaired) electrons. The van der Waals surface area contributed by atoms with Crippen molar-refractivity contribution < 1.29 is 23.8 Å². The first-order valence-electron chi connectivity index (χ1n) is 7.66. The molecule has 0 saturated heterocycles. The number of amides is 2. The van der Waals surface area contributed by atoms with E-state index in [1.54, 1.807) is 43.3 Å². The van der Waals surface area contributed by atoms with E-state index < -0.39 is 6.10 Å². The molecule has 3 rings (SSSR count). The van der Waals surface area contributed by atoms with E-state index in [2.05, 4.69) is 10.6 Å². The highest BCUT2D eigenvalue weighted by Crippen LogP contribution is 2.32. The van der Waals surface area contributed by atoms with Gasteiger partial charge in [-0.1, -0.05) is 0 Å². The predicted octanol–water partition coefficient (Wildman–Crippen LogP) is 2.68. The Morgan fingerprint density at radius 3 is 2.68 bits per heavy atom. The standard InChI is InChI=1S/C18H18N2O5/c1-10-17(21)20-14-8-11(4-6-16(14)25-10)19-18(22)13-9-12(23-2)5-7-15(13)24-3/h4-10H,1-3H3,(H,19,22)(H,20,21). The smallest absolute Gasteiger partial charge is 0.265 e. The lowest BCUT2D eigenvalue weighted by molar-refractivity contribution is -0.122. The topological polar surface area (TPSA) is 85.9 Å². The number of fused-ring (bicyclic) bond motifs is 1. The third kappa shape index (κ3) is 3.35. The minimum absolute atomic E-state index is 0.231. The van der Waals surface area contributed by atoms with Crippen LogP contribution in [0.15, 0.2) is 36.4 Å². The van der Waals surface area contributed by atoms with Crippen molar-refractivity contribution in [3.8, 4) is 17.2 Å². The van der Waals surface area contributed by atoms with Crippen LogP contribution in [0.25, 0.3) is 0 Å². The molecule has 1 aliphatic heterocycles. The van der Waals surface area contributed by atoms with Crippen LogP contribution in [0, 0.1) is 0 Å². The quantitative estimate of drug-likeness (QED) is 0.892. The number of hydrogen-bond donors (Lipinski definition) is 2. The lowest BCUT2D eigenvalue weighted by atomic mass is 10.1. The molecule has 130 valence electrons. The van der Waals surface area contributed by atoms with Crippen molar-refractivity contribution in [3.63, 3.8) is 0 Å². The SMILES string of the molecule is COc1ccc(OC)c(C(=O)Nc2ccc3c(c2)NC(=O)C(C)O3)c1. The van der Waals surface area contributed by atoms with Gasteiger partial charge in [-0.25, -0.2) is 0 Å². The normalized spacial score (nSPS) is 15.5. The van der Waals surface area contributed by atoms with Crippen LogP contribution >= 0.6 is 0 Å². The number of carbonyl (C=O) groups excluding carboxylic acids is 2. The van der Waals surface area contributed by atoms with Crippen molar-refractivity contribution in [1.29, 1.82) is 0 Å². The molecule has 0 spiro atoms. The molecule has 0 saturated carbocycles. The van der Waals surface area contributed by atoms with Crippen molar-refractivity contribution in [1.82, 2.24) is 0 Å². The summed E-state index contributed by atoms with van der Waals surface area (Å²) in [7, 11) is 3.02. The van der Waals surface area contributed by atoms with E-state index in [-0.39, 0.29) is 11.8 Å². The van der Waals surface area contributed by atoms with Gasteiger partial charge in [-0.2, -0.15) is 0 Å². The Bertz CT molecular complexity index is 834. The fourth-order valence-electron chi connectivity index (χ4n) is 2.48. The van der Waals surface area contributed by atoms with Crippen molar-refractivity contribution in [2.75, 3.05) is 24.9 Å². The molecule has 7 heteroatoms. The Morgan fingerprint density at radius 2 is 1.96 bits per heavy atom. The van der Waals surface area contributed by atoms with Crippen molar-refractivity contribution >= 4 is 23.2 Å². The van der Waals surface area contributed by atoms with Gasteiger partial charge in [-0.15, -0.1) is 0 Å². The van der Waals surface area contributed by atoms with E-state index in [1.165, 1.54) is 14.2 Å². The highest BCUT2D eigenvalue weighted by atomic mass is 16.5. The van der Waals surface area contributed by atoms with Crippen LogP contribution in [-0.2, 0) is 4.79 Å². The summed E-state index contributed by atoms with van der Waals surface area (Å²) in [5.74, 6) is 0.953. The van der Waals surface area contributed by atoms with Crippen LogP contribution in [0.2, 0.25) is 0 Å². The Hall–Kier alpha value is -3.22. The summed E-state index contributed by atoms with van der Waals surface area (Å²) in [6.07, 6.45) is -0.547. The molecule has 1 atom stereocenters. The number of ether oxygens (including phenoxy) is 3. The minimum atomic E-state index is -0.547. The first-order valence-corrected chi connectivity index (χ1v) is 7.66. The molecule has 2 aromatic rings. The van der Waals surface area contributed by atoms with Crippen LogP contribution in [0.1, 0.15) is 17.3 Å². The molecular formula is C18H18N2O5. The minimum Gasteiger partial charge on any atom is -0.497 e. The van der Waals surface area contributed by atoms with Gasteiger partial charge in [0.15, 0.2) is 6.10 Å². The summed E-state index contributed by atoms with van der Waals surface area (Å²) in [5.41, 5.74) is 1.37. The molecule has 0 aliphatic carbocycles. The summed E-state index contributed by atoms with van der Waals surface area (Å²) >= 11 is 0. The number of benzene rings is 2. The second-order valence-electron chi connectivity index (χ2n) is 5.48. The van der Waals surface area contributed by atoms with Crippen LogP contribution < -0.4 is 24.8 Å². The highest BCUT2D eigenvalue weighted by Gasteiger charge is 2.24. The molecule has 2 amide bonds. The Balaban J connectivity index is 1.85. The van der Waals surface area contributed by atoms with E-state index >= 15 is 0 Å². The number of anilines is 2. The molecule has 1 aliphatic rings. The Labute approximate surface area is 144 Å². The molecule has 2 N–H and O–H groups in total. The van der Waals surface area contributed by atoms with E-state index in [0.717, 1.165) is 0 Å². The maximum Gasteiger partial charge on any atom is 0.265 e. The molecule has 0 bridgehead atoms. The first-order chi connectivity index (χ1) is 12.0. The van der Waals surface area contributed by atoms with Crippen LogP contribution in [-0.4, -0.2) is 32.1 Å². The summed E-state index contributed by atoms with van der Waals surface area (Å²) in [6.45, 7) is 1.67. The van der Waals surface area contributed by atoms with Gasteiger partial charge in [0.25, 0.3) is 11.8 Å². The van der Waals surface area contributed by atoms with E-state index in [1.807, 2.05) is 0 Å². The lowest BCUT2D eigenvalue weighted by Gasteiger charge is -2.23. The lowest BCUT2D eigenvalue weighted by Crippen LogP contribution is -2.34. The summed E-state index contributed by atoms with van der Waals surface area (Å²) < 4.78 is 15.9. The van der Waals surface area contributed by atoms with Gasteiger partial charge in [0.05, 0.1) is 25.5 Å². The van der Waals surface area contributed by atoms with Crippen molar-refractivity contribution in [2.45, 2.75) is 13.0 Å². The van der Waals surface area contributed by atoms with E-state index in [9.17, 15) is 9.59 Å². The van der Waals surface area contributed by atoms with Crippen LogP contribution in [0.3, 0.4) is 0 Å². The summed E-state index contributed by atoms with van der Waals surface area (Å²) in [4.78, 5) is 24.3. The molecule has 7 nitrogen and oxygen atoms in total. The van der Waals surface area contributed by atoms with Crippen molar-refractivity contribution in [2.24, 2.45) is 0 Å². The summed E-state index contributed by atoms with van der Waals surface area (Å²) in [5, 5.41) is 5.52. The number of rotatable bonds is 4. The van der Waals surface area contributed by atoms with Gasteiger partial charge in [-0.05, 0) is 43.3 Å². The van der Waals surface area contributed by atoms with Gasteiger partial charge < -0.3 is 24.8 Å². The van der Waals surface area contributed by atoms with Gasteiger partial charge in [0, 0.05) is 5.69 Å². The number of carbonyl (C=O) groups is 2. The van der Waals surface area contributed by atoms with Gasteiger partial charge in [-0.3, -0.25) is 9.59 Å². The monoisotopic (exact) mass is 342 g/mol. The summed E-state index contributed by atoms with van der Waals surface area (Å²) in [6, 6.07) is 10.0. The zero-order chi connectivity index (χ0) is 18.0. The maximum absolute atomic E-state index is 12.6. The second-order valence-corrected chi connectivity index (χ2v) is 5.48. The molecular weight excluding hydrogens is 324 g/mol. The number of nitrogens with one attached hydrogen (secondary N) is 2.